The second kappa shape index (κ2) is 3.95. The highest BCUT2D eigenvalue weighted by atomic mass is 35.5. The summed E-state index contributed by atoms with van der Waals surface area (Å²) in [5, 5.41) is 0.835. The van der Waals surface area contributed by atoms with Crippen LogP contribution in [-0.2, 0) is 9.59 Å². The van der Waals surface area contributed by atoms with Crippen LogP contribution in [0.25, 0.3) is 0 Å². The Morgan fingerprint density at radius 2 is 1.59 bits per heavy atom. The number of carbonyl (C=O) groups is 2. The first-order valence-corrected chi connectivity index (χ1v) is 8.31. The minimum absolute atomic E-state index is 0.0950. The third kappa shape index (κ3) is 1.35. The van der Waals surface area contributed by atoms with Gasteiger partial charge in [0.25, 0.3) is 0 Å². The fourth-order valence-electron chi connectivity index (χ4n) is 4.98. The van der Waals surface area contributed by atoms with Crippen LogP contribution in [0.4, 0.5) is 5.69 Å². The van der Waals surface area contributed by atoms with Crippen molar-refractivity contribution in [1.82, 2.24) is 0 Å². The largest absolute Gasteiger partial charge is 0.274 e. The van der Waals surface area contributed by atoms with E-state index in [-0.39, 0.29) is 40.9 Å². The van der Waals surface area contributed by atoms with Crippen LogP contribution in [0.15, 0.2) is 30.4 Å². The van der Waals surface area contributed by atoms with Crippen LogP contribution < -0.4 is 4.90 Å². The first kappa shape index (κ1) is 13.1. The number of hydrogen-bond donors (Lipinski definition) is 0. The maximum absolute atomic E-state index is 12.9. The molecule has 3 aliphatic carbocycles. The first-order valence-electron chi connectivity index (χ1n) is 7.56. The van der Waals surface area contributed by atoms with Gasteiger partial charge in [0.15, 0.2) is 0 Å². The molecule has 3 fully saturated rings. The number of nitrogens with zero attached hydrogens (tertiary/aromatic N) is 1. The van der Waals surface area contributed by atoms with Crippen LogP contribution >= 0.6 is 23.2 Å². The Hall–Kier alpha value is -1.32. The standard InChI is InChI=1S/C17H13Cl2NO2/c18-8-1-4-12(11(19)7-8)20-15(21)13-9-2-3-10(14(13)16(20)22)17(9)5-6-17/h1-4,7,9-10,13-14H,5-6H2/t9-,10-,13+,14+/m1/s1. The monoisotopic (exact) mass is 333 g/mol. The van der Waals surface area contributed by atoms with E-state index in [2.05, 4.69) is 12.2 Å². The minimum Gasteiger partial charge on any atom is -0.274 e. The summed E-state index contributed by atoms with van der Waals surface area (Å²) in [5.41, 5.74) is 0.677. The average Bonchev–Trinajstić information content (AvgIpc) is 3.07. The van der Waals surface area contributed by atoms with Crippen molar-refractivity contribution in [3.63, 3.8) is 0 Å². The predicted molar refractivity (Wildman–Crippen MR) is 83.7 cm³/mol. The van der Waals surface area contributed by atoms with Gasteiger partial charge in [0.1, 0.15) is 0 Å². The summed E-state index contributed by atoms with van der Waals surface area (Å²) in [6.45, 7) is 0. The highest BCUT2D eigenvalue weighted by Gasteiger charge is 2.73. The van der Waals surface area contributed by atoms with E-state index in [4.69, 9.17) is 23.2 Å². The van der Waals surface area contributed by atoms with Crippen LogP contribution in [0.1, 0.15) is 12.8 Å². The van der Waals surface area contributed by atoms with Crippen molar-refractivity contribution >= 4 is 40.7 Å². The van der Waals surface area contributed by atoms with Crippen LogP contribution in [-0.4, -0.2) is 11.8 Å². The second-order valence-electron chi connectivity index (χ2n) is 6.83. The van der Waals surface area contributed by atoms with E-state index in [0.29, 0.717) is 15.7 Å². The van der Waals surface area contributed by atoms with Crippen molar-refractivity contribution < 1.29 is 9.59 Å². The van der Waals surface area contributed by atoms with E-state index in [1.165, 1.54) is 4.90 Å². The van der Waals surface area contributed by atoms with Gasteiger partial charge < -0.3 is 0 Å². The van der Waals surface area contributed by atoms with Gasteiger partial charge in [0.2, 0.25) is 11.8 Å². The molecule has 4 aliphatic rings. The third-order valence-electron chi connectivity index (χ3n) is 6.00. The fourth-order valence-corrected chi connectivity index (χ4v) is 5.47. The van der Waals surface area contributed by atoms with Gasteiger partial charge in [-0.25, -0.2) is 4.90 Å². The zero-order valence-electron chi connectivity index (χ0n) is 11.6. The molecule has 1 spiro atoms. The van der Waals surface area contributed by atoms with Crippen molar-refractivity contribution in [3.8, 4) is 0 Å². The van der Waals surface area contributed by atoms with Crippen LogP contribution in [0.3, 0.4) is 0 Å². The molecule has 1 aromatic carbocycles. The Morgan fingerprint density at radius 1 is 1.00 bits per heavy atom. The molecule has 1 saturated heterocycles. The molecular formula is C17H13Cl2NO2. The van der Waals surface area contributed by atoms with Crippen LogP contribution in [0.5, 0.6) is 0 Å². The third-order valence-corrected chi connectivity index (χ3v) is 6.54. The summed E-state index contributed by atoms with van der Waals surface area (Å²) in [7, 11) is 0. The van der Waals surface area contributed by atoms with Gasteiger partial charge in [-0.2, -0.15) is 0 Å². The van der Waals surface area contributed by atoms with Gasteiger partial charge in [0, 0.05) is 5.02 Å². The lowest BCUT2D eigenvalue weighted by Crippen LogP contribution is -2.34. The van der Waals surface area contributed by atoms with Crippen molar-refractivity contribution in [3.05, 3.63) is 40.4 Å². The lowest BCUT2D eigenvalue weighted by Gasteiger charge is -2.22. The van der Waals surface area contributed by atoms with Crippen molar-refractivity contribution in [2.24, 2.45) is 29.1 Å². The Kier molecular flexibility index (Phi) is 2.36. The first-order chi connectivity index (χ1) is 10.5. The van der Waals surface area contributed by atoms with Crippen LogP contribution in [0.2, 0.25) is 10.0 Å². The molecule has 112 valence electrons. The Labute approximate surface area is 137 Å². The number of imide groups is 1. The maximum Gasteiger partial charge on any atom is 0.238 e. The Bertz CT molecular complexity index is 734. The number of benzene rings is 1. The van der Waals surface area contributed by atoms with E-state index in [1.807, 2.05) is 0 Å². The maximum atomic E-state index is 12.9. The zero-order valence-corrected chi connectivity index (χ0v) is 13.1. The number of allylic oxidation sites excluding steroid dienone is 2. The van der Waals surface area contributed by atoms with Gasteiger partial charge in [-0.15, -0.1) is 0 Å². The molecule has 0 radical (unpaired) electrons. The molecule has 3 nitrogen and oxygen atoms in total. The van der Waals surface area contributed by atoms with Crippen molar-refractivity contribution in [1.29, 1.82) is 0 Å². The summed E-state index contributed by atoms with van der Waals surface area (Å²) in [6, 6.07) is 4.89. The van der Waals surface area contributed by atoms with E-state index in [1.54, 1.807) is 18.2 Å². The number of anilines is 1. The normalized spacial score (nSPS) is 36.5. The van der Waals surface area contributed by atoms with E-state index in [0.717, 1.165) is 12.8 Å². The quantitative estimate of drug-likeness (QED) is 0.580. The molecule has 0 aromatic heterocycles. The van der Waals surface area contributed by atoms with Crippen molar-refractivity contribution in [2.45, 2.75) is 12.8 Å². The molecule has 5 rings (SSSR count). The second-order valence-corrected chi connectivity index (χ2v) is 7.67. The van der Waals surface area contributed by atoms with Crippen molar-refractivity contribution in [2.75, 3.05) is 4.90 Å². The smallest absolute Gasteiger partial charge is 0.238 e. The van der Waals surface area contributed by atoms with Crippen LogP contribution in [0, 0.1) is 29.1 Å². The van der Waals surface area contributed by atoms with E-state index >= 15 is 0 Å². The molecular weight excluding hydrogens is 321 g/mol. The molecule has 1 heterocycles. The molecule has 2 amide bonds. The Balaban J connectivity index is 1.59. The van der Waals surface area contributed by atoms with Gasteiger partial charge in [0.05, 0.1) is 22.5 Å². The average molecular weight is 334 g/mol. The zero-order chi connectivity index (χ0) is 15.2. The molecule has 4 atom stereocenters. The number of halogens is 2. The predicted octanol–water partition coefficient (Wildman–Crippen LogP) is 3.70. The van der Waals surface area contributed by atoms with Gasteiger partial charge in [-0.05, 0) is 48.3 Å². The van der Waals surface area contributed by atoms with E-state index < -0.39 is 0 Å². The molecule has 2 saturated carbocycles. The minimum atomic E-state index is -0.197. The molecule has 5 heteroatoms. The SMILES string of the molecule is O=C1[C@@H]2[C@@H](C(=O)N1c1ccc(Cl)cc1Cl)[C@H]1C=C[C@H]2C12CC2. The summed E-state index contributed by atoms with van der Waals surface area (Å²) >= 11 is 12.1. The summed E-state index contributed by atoms with van der Waals surface area (Å²) in [4.78, 5) is 27.1. The number of fused-ring (bicyclic) bond motifs is 3. The summed E-state index contributed by atoms with van der Waals surface area (Å²) in [6.07, 6.45) is 6.61. The number of amides is 2. The molecule has 2 bridgehead atoms. The highest BCUT2D eigenvalue weighted by molar-refractivity contribution is 6.38. The molecule has 22 heavy (non-hydrogen) atoms. The molecule has 0 unspecified atom stereocenters. The lowest BCUT2D eigenvalue weighted by atomic mass is 9.85. The number of carbonyl (C=O) groups excluding carboxylic acids is 2. The van der Waals surface area contributed by atoms with Gasteiger partial charge >= 0.3 is 0 Å². The topological polar surface area (TPSA) is 37.4 Å². The number of rotatable bonds is 1. The highest BCUT2D eigenvalue weighted by Crippen LogP contribution is 2.73. The summed E-state index contributed by atoms with van der Waals surface area (Å²) < 4.78 is 0. The Morgan fingerprint density at radius 3 is 2.09 bits per heavy atom. The van der Waals surface area contributed by atoms with Gasteiger partial charge in [-0.1, -0.05) is 35.4 Å². The summed E-state index contributed by atoms with van der Waals surface area (Å²) in [5.74, 6) is -0.122. The van der Waals surface area contributed by atoms with E-state index in [9.17, 15) is 9.59 Å². The fraction of sp³-hybridized carbons (Fsp3) is 0.412. The molecule has 0 N–H and O–H groups in total. The number of hydrogen-bond acceptors (Lipinski definition) is 2. The molecule has 1 aromatic rings. The lowest BCUT2D eigenvalue weighted by molar-refractivity contribution is -0.123. The molecule has 1 aliphatic heterocycles. The van der Waals surface area contributed by atoms with Gasteiger partial charge in [-0.3, -0.25) is 9.59 Å².